The van der Waals surface area contributed by atoms with Crippen molar-refractivity contribution in [3.8, 4) is 11.5 Å². The Hall–Kier alpha value is -1.42. The third kappa shape index (κ3) is 2.95. The molecule has 5 heteroatoms. The number of benzene rings is 1. The van der Waals surface area contributed by atoms with Gasteiger partial charge in [0.05, 0.1) is 19.8 Å². The van der Waals surface area contributed by atoms with E-state index >= 15 is 0 Å². The Kier molecular flexibility index (Phi) is 4.20. The van der Waals surface area contributed by atoms with Crippen LogP contribution in [0.25, 0.3) is 0 Å². The van der Waals surface area contributed by atoms with E-state index in [9.17, 15) is 4.79 Å². The summed E-state index contributed by atoms with van der Waals surface area (Å²) in [4.78, 5) is 12.3. The predicted molar refractivity (Wildman–Crippen MR) is 74.3 cm³/mol. The Morgan fingerprint density at radius 3 is 2.21 bits per heavy atom. The Labute approximate surface area is 118 Å². The van der Waals surface area contributed by atoms with Crippen molar-refractivity contribution in [3.63, 3.8) is 0 Å². The van der Waals surface area contributed by atoms with Crippen LogP contribution in [-0.2, 0) is 0 Å². The van der Waals surface area contributed by atoms with Gasteiger partial charge in [-0.1, -0.05) is 0 Å². The molecule has 1 aliphatic carbocycles. The van der Waals surface area contributed by atoms with E-state index in [2.05, 4.69) is 5.32 Å². The molecule has 1 saturated carbocycles. The second-order valence-corrected chi connectivity index (χ2v) is 5.09. The minimum Gasteiger partial charge on any atom is -0.497 e. The molecule has 0 heterocycles. The number of carbonyl (C=O) groups excluding carboxylic acids is 1. The highest BCUT2D eigenvalue weighted by molar-refractivity contribution is 6.19. The van der Waals surface area contributed by atoms with Crippen LogP contribution in [0.15, 0.2) is 18.2 Å². The Morgan fingerprint density at radius 1 is 1.26 bits per heavy atom. The van der Waals surface area contributed by atoms with Crippen LogP contribution < -0.4 is 14.8 Å². The molecule has 0 saturated heterocycles. The molecule has 0 spiro atoms. The van der Waals surface area contributed by atoms with Gasteiger partial charge in [0.15, 0.2) is 0 Å². The lowest BCUT2D eigenvalue weighted by Gasteiger charge is -2.41. The second kappa shape index (κ2) is 5.70. The lowest BCUT2D eigenvalue weighted by Crippen LogP contribution is -2.55. The summed E-state index contributed by atoms with van der Waals surface area (Å²) >= 11 is 5.94. The number of rotatable bonds is 5. The standard InChI is InChI=1S/C14H18ClNO3/c1-18-11-6-10(7-12(8-11)19-2)13(17)16-14(9-15)4-3-5-14/h6-8H,3-5,9H2,1-2H3,(H,16,17). The van der Waals surface area contributed by atoms with Crippen LogP contribution in [0.4, 0.5) is 0 Å². The quantitative estimate of drug-likeness (QED) is 0.845. The summed E-state index contributed by atoms with van der Waals surface area (Å²) in [5.74, 6) is 1.49. The lowest BCUT2D eigenvalue weighted by molar-refractivity contribution is 0.0853. The molecule has 2 rings (SSSR count). The average molecular weight is 284 g/mol. The van der Waals surface area contributed by atoms with Crippen molar-refractivity contribution in [3.05, 3.63) is 23.8 Å². The van der Waals surface area contributed by atoms with Gasteiger partial charge in [-0.3, -0.25) is 4.79 Å². The maximum Gasteiger partial charge on any atom is 0.252 e. The molecule has 1 aromatic rings. The smallest absolute Gasteiger partial charge is 0.252 e. The fourth-order valence-corrected chi connectivity index (χ4v) is 2.48. The third-order valence-corrected chi connectivity index (χ3v) is 4.07. The molecule has 1 fully saturated rings. The molecule has 19 heavy (non-hydrogen) atoms. The van der Waals surface area contributed by atoms with Crippen molar-refractivity contribution in [2.45, 2.75) is 24.8 Å². The largest absolute Gasteiger partial charge is 0.497 e. The minimum absolute atomic E-state index is 0.141. The van der Waals surface area contributed by atoms with E-state index in [-0.39, 0.29) is 11.4 Å². The number of carbonyl (C=O) groups is 1. The summed E-state index contributed by atoms with van der Waals surface area (Å²) in [7, 11) is 3.12. The van der Waals surface area contributed by atoms with E-state index in [1.165, 1.54) is 0 Å². The van der Waals surface area contributed by atoms with Gasteiger partial charge in [-0.2, -0.15) is 0 Å². The molecule has 4 nitrogen and oxygen atoms in total. The topological polar surface area (TPSA) is 47.6 Å². The van der Waals surface area contributed by atoms with Crippen molar-refractivity contribution in [2.75, 3.05) is 20.1 Å². The van der Waals surface area contributed by atoms with Crippen molar-refractivity contribution in [2.24, 2.45) is 0 Å². The molecule has 0 aliphatic heterocycles. The number of halogens is 1. The summed E-state index contributed by atoms with van der Waals surface area (Å²) in [6, 6.07) is 5.12. The highest BCUT2D eigenvalue weighted by atomic mass is 35.5. The summed E-state index contributed by atoms with van der Waals surface area (Å²) < 4.78 is 10.3. The molecule has 0 aromatic heterocycles. The molecule has 0 bridgehead atoms. The number of amides is 1. The Balaban J connectivity index is 2.18. The fourth-order valence-electron chi connectivity index (χ4n) is 2.15. The zero-order chi connectivity index (χ0) is 13.9. The van der Waals surface area contributed by atoms with Gasteiger partial charge in [0.2, 0.25) is 0 Å². The van der Waals surface area contributed by atoms with Gasteiger partial charge in [0, 0.05) is 17.5 Å². The maximum atomic E-state index is 12.3. The monoisotopic (exact) mass is 283 g/mol. The number of nitrogens with one attached hydrogen (secondary N) is 1. The maximum absolute atomic E-state index is 12.3. The minimum atomic E-state index is -0.241. The van der Waals surface area contributed by atoms with Crippen LogP contribution in [0.1, 0.15) is 29.6 Å². The van der Waals surface area contributed by atoms with Gasteiger partial charge in [0.1, 0.15) is 11.5 Å². The van der Waals surface area contributed by atoms with E-state index < -0.39 is 0 Å². The number of methoxy groups -OCH3 is 2. The van der Waals surface area contributed by atoms with Crippen molar-refractivity contribution >= 4 is 17.5 Å². The first-order valence-corrected chi connectivity index (χ1v) is 6.77. The van der Waals surface area contributed by atoms with Gasteiger partial charge in [0.25, 0.3) is 5.91 Å². The molecular formula is C14H18ClNO3. The summed E-state index contributed by atoms with van der Waals surface area (Å²) in [5.41, 5.74) is 0.280. The molecular weight excluding hydrogens is 266 g/mol. The van der Waals surface area contributed by atoms with Crippen LogP contribution >= 0.6 is 11.6 Å². The highest BCUT2D eigenvalue weighted by Gasteiger charge is 2.37. The first-order valence-electron chi connectivity index (χ1n) is 6.24. The zero-order valence-corrected chi connectivity index (χ0v) is 11.9. The zero-order valence-electron chi connectivity index (χ0n) is 11.2. The molecule has 1 aliphatic rings. The fraction of sp³-hybridized carbons (Fsp3) is 0.500. The number of ether oxygens (including phenoxy) is 2. The predicted octanol–water partition coefficient (Wildman–Crippen LogP) is 2.60. The lowest BCUT2D eigenvalue weighted by atomic mass is 9.78. The number of hydrogen-bond acceptors (Lipinski definition) is 3. The molecule has 1 amide bonds. The molecule has 1 aromatic carbocycles. The van der Waals surface area contributed by atoms with Crippen LogP contribution in [0, 0.1) is 0 Å². The molecule has 1 N–H and O–H groups in total. The van der Waals surface area contributed by atoms with E-state index in [0.29, 0.717) is 22.9 Å². The number of alkyl halides is 1. The van der Waals surface area contributed by atoms with E-state index in [1.807, 2.05) is 0 Å². The highest BCUT2D eigenvalue weighted by Crippen LogP contribution is 2.33. The van der Waals surface area contributed by atoms with Crippen LogP contribution in [0.5, 0.6) is 11.5 Å². The molecule has 0 atom stereocenters. The Morgan fingerprint density at radius 2 is 1.84 bits per heavy atom. The molecule has 0 unspecified atom stereocenters. The van der Waals surface area contributed by atoms with Crippen molar-refractivity contribution in [1.29, 1.82) is 0 Å². The Bertz CT molecular complexity index is 444. The van der Waals surface area contributed by atoms with E-state index in [1.54, 1.807) is 32.4 Å². The first-order chi connectivity index (χ1) is 9.12. The third-order valence-electron chi connectivity index (χ3n) is 3.56. The summed E-state index contributed by atoms with van der Waals surface area (Å²) in [5, 5.41) is 3.02. The van der Waals surface area contributed by atoms with Gasteiger partial charge >= 0.3 is 0 Å². The number of hydrogen-bond donors (Lipinski definition) is 1. The van der Waals surface area contributed by atoms with Gasteiger partial charge < -0.3 is 14.8 Å². The first kappa shape index (κ1) is 14.0. The van der Waals surface area contributed by atoms with Crippen molar-refractivity contribution < 1.29 is 14.3 Å². The summed E-state index contributed by atoms with van der Waals surface area (Å²) in [6.07, 6.45) is 2.97. The van der Waals surface area contributed by atoms with Crippen molar-refractivity contribution in [1.82, 2.24) is 5.32 Å². The SMILES string of the molecule is COc1cc(OC)cc(C(=O)NC2(CCl)CCC2)c1. The van der Waals surface area contributed by atoms with Crippen LogP contribution in [-0.4, -0.2) is 31.5 Å². The van der Waals surface area contributed by atoms with Gasteiger partial charge in [-0.15, -0.1) is 11.6 Å². The average Bonchev–Trinajstić information content (AvgIpc) is 2.41. The van der Waals surface area contributed by atoms with Crippen LogP contribution in [0.2, 0.25) is 0 Å². The summed E-state index contributed by atoms with van der Waals surface area (Å²) in [6.45, 7) is 0. The molecule has 104 valence electrons. The second-order valence-electron chi connectivity index (χ2n) is 4.82. The normalized spacial score (nSPS) is 16.4. The van der Waals surface area contributed by atoms with E-state index in [0.717, 1.165) is 19.3 Å². The molecule has 0 radical (unpaired) electrons. The van der Waals surface area contributed by atoms with E-state index in [4.69, 9.17) is 21.1 Å². The van der Waals surface area contributed by atoms with Gasteiger partial charge in [-0.05, 0) is 31.4 Å². The van der Waals surface area contributed by atoms with Crippen LogP contribution in [0.3, 0.4) is 0 Å². The van der Waals surface area contributed by atoms with Gasteiger partial charge in [-0.25, -0.2) is 0 Å².